The van der Waals surface area contributed by atoms with Crippen molar-refractivity contribution >= 4 is 0 Å². The summed E-state index contributed by atoms with van der Waals surface area (Å²) >= 11 is 0. The van der Waals surface area contributed by atoms with E-state index in [1.807, 2.05) is 26.0 Å². The Kier molecular flexibility index (Phi) is 6.89. The monoisotopic (exact) mass is 265 g/mol. The molecule has 0 bridgehead atoms. The smallest absolute Gasteiger partial charge is 0.119 e. The highest BCUT2D eigenvalue weighted by Gasteiger charge is 2.09. The lowest BCUT2D eigenvalue weighted by Gasteiger charge is -2.19. The first-order chi connectivity index (χ1) is 9.02. The molecular weight excluding hydrogens is 238 g/mol. The minimum absolute atomic E-state index is 0.224. The van der Waals surface area contributed by atoms with Crippen LogP contribution in [0.1, 0.15) is 45.7 Å². The predicted octanol–water partition coefficient (Wildman–Crippen LogP) is 3.14. The number of hydrogen-bond donors (Lipinski definition) is 2. The molecule has 3 nitrogen and oxygen atoms in total. The van der Waals surface area contributed by atoms with Crippen molar-refractivity contribution in [2.75, 3.05) is 13.2 Å². The van der Waals surface area contributed by atoms with Gasteiger partial charge in [-0.25, -0.2) is 0 Å². The minimum atomic E-state index is -0.224. The first kappa shape index (κ1) is 16.0. The summed E-state index contributed by atoms with van der Waals surface area (Å²) < 4.78 is 5.43. The summed E-state index contributed by atoms with van der Waals surface area (Å²) in [4.78, 5) is 0. The number of benzene rings is 1. The van der Waals surface area contributed by atoms with Crippen molar-refractivity contribution in [1.82, 2.24) is 5.32 Å². The number of ether oxygens (including phenoxy) is 1. The molecule has 19 heavy (non-hydrogen) atoms. The number of hydrogen-bond acceptors (Lipinski definition) is 3. The summed E-state index contributed by atoms with van der Waals surface area (Å²) in [5, 5.41) is 12.8. The fraction of sp³-hybridized carbons (Fsp3) is 0.625. The van der Waals surface area contributed by atoms with Crippen LogP contribution in [0.15, 0.2) is 24.3 Å². The van der Waals surface area contributed by atoms with Gasteiger partial charge in [-0.15, -0.1) is 0 Å². The Balaban J connectivity index is 2.42. The third kappa shape index (κ3) is 6.08. The zero-order valence-electron chi connectivity index (χ0n) is 12.5. The molecule has 0 heterocycles. The Morgan fingerprint density at radius 2 is 1.79 bits per heavy atom. The van der Waals surface area contributed by atoms with Crippen LogP contribution >= 0.6 is 0 Å². The van der Waals surface area contributed by atoms with Crippen molar-refractivity contribution in [1.29, 1.82) is 0 Å². The molecule has 0 aliphatic rings. The lowest BCUT2D eigenvalue weighted by molar-refractivity contribution is 0.162. The Labute approximate surface area is 117 Å². The van der Waals surface area contributed by atoms with Gasteiger partial charge in [0.25, 0.3) is 0 Å². The van der Waals surface area contributed by atoms with Gasteiger partial charge < -0.3 is 15.2 Å². The molecule has 0 fully saturated rings. The standard InChI is InChI=1S/C16H27NO2/c1-5-19-16-8-6-15(7-9-16)14(4)17-11-12(2)10-13(3)18/h6-9,12-14,17-18H,5,10-11H2,1-4H3. The maximum absolute atomic E-state index is 9.34. The Hall–Kier alpha value is -1.06. The molecule has 0 aromatic heterocycles. The molecule has 0 radical (unpaired) electrons. The molecule has 0 amide bonds. The van der Waals surface area contributed by atoms with Crippen molar-refractivity contribution in [3.8, 4) is 5.75 Å². The Morgan fingerprint density at radius 1 is 1.16 bits per heavy atom. The zero-order chi connectivity index (χ0) is 14.3. The highest BCUT2D eigenvalue weighted by Crippen LogP contribution is 2.18. The number of nitrogens with one attached hydrogen (secondary N) is 1. The van der Waals surface area contributed by atoms with Gasteiger partial charge in [-0.05, 0) is 57.4 Å². The lowest BCUT2D eigenvalue weighted by atomic mass is 10.0. The van der Waals surface area contributed by atoms with Crippen LogP contribution in [0.3, 0.4) is 0 Å². The summed E-state index contributed by atoms with van der Waals surface area (Å²) in [6.07, 6.45) is 0.612. The van der Waals surface area contributed by atoms with E-state index in [0.717, 1.165) is 18.7 Å². The van der Waals surface area contributed by atoms with Crippen molar-refractivity contribution in [2.24, 2.45) is 5.92 Å². The molecule has 3 heteroatoms. The second-order valence-electron chi connectivity index (χ2n) is 5.32. The van der Waals surface area contributed by atoms with Crippen LogP contribution in [0.4, 0.5) is 0 Å². The SMILES string of the molecule is CCOc1ccc(C(C)NCC(C)CC(C)O)cc1. The van der Waals surface area contributed by atoms with E-state index in [1.165, 1.54) is 5.56 Å². The summed E-state index contributed by atoms with van der Waals surface area (Å²) in [7, 11) is 0. The molecule has 0 aliphatic heterocycles. The second kappa shape index (κ2) is 8.18. The average Bonchev–Trinajstić information content (AvgIpc) is 2.36. The average molecular weight is 265 g/mol. The maximum Gasteiger partial charge on any atom is 0.119 e. The molecule has 0 spiro atoms. The van der Waals surface area contributed by atoms with Gasteiger partial charge in [0.1, 0.15) is 5.75 Å². The fourth-order valence-electron chi connectivity index (χ4n) is 2.18. The van der Waals surface area contributed by atoms with E-state index in [4.69, 9.17) is 4.74 Å². The van der Waals surface area contributed by atoms with Crippen LogP contribution in [-0.2, 0) is 0 Å². The van der Waals surface area contributed by atoms with Crippen molar-refractivity contribution in [3.63, 3.8) is 0 Å². The van der Waals surface area contributed by atoms with E-state index in [9.17, 15) is 5.11 Å². The fourth-order valence-corrected chi connectivity index (χ4v) is 2.18. The van der Waals surface area contributed by atoms with Crippen LogP contribution in [0.25, 0.3) is 0 Å². The lowest BCUT2D eigenvalue weighted by Crippen LogP contribution is -2.26. The number of aliphatic hydroxyl groups excluding tert-OH is 1. The van der Waals surface area contributed by atoms with Crippen LogP contribution in [0, 0.1) is 5.92 Å². The van der Waals surface area contributed by atoms with E-state index in [2.05, 4.69) is 31.3 Å². The first-order valence-electron chi connectivity index (χ1n) is 7.17. The maximum atomic E-state index is 9.34. The molecule has 0 aliphatic carbocycles. The normalized spacial score (nSPS) is 15.8. The molecule has 108 valence electrons. The van der Waals surface area contributed by atoms with Crippen LogP contribution < -0.4 is 10.1 Å². The van der Waals surface area contributed by atoms with Gasteiger partial charge in [0, 0.05) is 6.04 Å². The van der Waals surface area contributed by atoms with Gasteiger partial charge in [0.2, 0.25) is 0 Å². The topological polar surface area (TPSA) is 41.5 Å². The zero-order valence-corrected chi connectivity index (χ0v) is 12.5. The van der Waals surface area contributed by atoms with Crippen LogP contribution in [0.5, 0.6) is 5.75 Å². The van der Waals surface area contributed by atoms with E-state index in [-0.39, 0.29) is 6.10 Å². The van der Waals surface area contributed by atoms with Crippen molar-refractivity contribution in [2.45, 2.75) is 46.3 Å². The number of rotatable bonds is 8. The van der Waals surface area contributed by atoms with Gasteiger partial charge in [0.15, 0.2) is 0 Å². The molecular formula is C16H27NO2. The van der Waals surface area contributed by atoms with Gasteiger partial charge in [-0.3, -0.25) is 0 Å². The van der Waals surface area contributed by atoms with Crippen molar-refractivity contribution < 1.29 is 9.84 Å². The molecule has 3 atom stereocenters. The highest BCUT2D eigenvalue weighted by atomic mass is 16.5. The molecule has 1 rings (SSSR count). The Morgan fingerprint density at radius 3 is 2.32 bits per heavy atom. The van der Waals surface area contributed by atoms with E-state index < -0.39 is 0 Å². The largest absolute Gasteiger partial charge is 0.494 e. The van der Waals surface area contributed by atoms with Gasteiger partial charge in [-0.2, -0.15) is 0 Å². The quantitative estimate of drug-likeness (QED) is 0.758. The first-order valence-corrected chi connectivity index (χ1v) is 7.17. The number of aliphatic hydroxyl groups is 1. The third-order valence-corrected chi connectivity index (χ3v) is 3.21. The predicted molar refractivity (Wildman–Crippen MR) is 79.5 cm³/mol. The highest BCUT2D eigenvalue weighted by molar-refractivity contribution is 5.28. The molecule has 0 saturated heterocycles. The molecule has 1 aromatic carbocycles. The molecule has 0 saturated carbocycles. The molecule has 1 aromatic rings. The van der Waals surface area contributed by atoms with E-state index >= 15 is 0 Å². The summed E-state index contributed by atoms with van der Waals surface area (Å²) in [5.74, 6) is 1.39. The van der Waals surface area contributed by atoms with E-state index in [0.29, 0.717) is 18.6 Å². The molecule has 2 N–H and O–H groups in total. The minimum Gasteiger partial charge on any atom is -0.494 e. The van der Waals surface area contributed by atoms with Gasteiger partial charge >= 0.3 is 0 Å². The van der Waals surface area contributed by atoms with Crippen LogP contribution in [0.2, 0.25) is 0 Å². The van der Waals surface area contributed by atoms with Crippen LogP contribution in [-0.4, -0.2) is 24.4 Å². The van der Waals surface area contributed by atoms with Gasteiger partial charge in [0.05, 0.1) is 12.7 Å². The summed E-state index contributed by atoms with van der Waals surface area (Å²) in [6, 6.07) is 8.53. The Bertz CT molecular complexity index is 348. The molecule has 3 unspecified atom stereocenters. The summed E-state index contributed by atoms with van der Waals surface area (Å²) in [5.41, 5.74) is 1.26. The van der Waals surface area contributed by atoms with E-state index in [1.54, 1.807) is 0 Å². The van der Waals surface area contributed by atoms with Crippen molar-refractivity contribution in [3.05, 3.63) is 29.8 Å². The third-order valence-electron chi connectivity index (χ3n) is 3.21. The second-order valence-corrected chi connectivity index (χ2v) is 5.32. The van der Waals surface area contributed by atoms with Gasteiger partial charge in [-0.1, -0.05) is 19.1 Å². The summed E-state index contributed by atoms with van der Waals surface area (Å²) in [6.45, 7) is 9.76.